The smallest absolute Gasteiger partial charge is 0.0101 e. The Morgan fingerprint density at radius 2 is 2.10 bits per heavy atom. The van der Waals surface area contributed by atoms with Gasteiger partial charge in [-0.1, -0.05) is 12.8 Å². The van der Waals surface area contributed by atoms with Gasteiger partial charge in [0.15, 0.2) is 0 Å². The summed E-state index contributed by atoms with van der Waals surface area (Å²) >= 11 is 0. The van der Waals surface area contributed by atoms with Crippen molar-refractivity contribution in [2.45, 2.75) is 44.2 Å². The lowest BCUT2D eigenvalue weighted by molar-refractivity contribution is 0.200. The van der Waals surface area contributed by atoms with Gasteiger partial charge in [0.1, 0.15) is 0 Å². The van der Waals surface area contributed by atoms with Crippen LogP contribution in [0.25, 0.3) is 0 Å². The molecule has 0 spiro atoms. The summed E-state index contributed by atoms with van der Waals surface area (Å²) in [6, 6.07) is 1.87. The molecule has 0 radical (unpaired) electrons. The Morgan fingerprint density at radius 1 is 1.10 bits per heavy atom. The quantitative estimate of drug-likeness (QED) is 0.534. The lowest BCUT2D eigenvalue weighted by atomic mass is 9.78. The maximum atomic E-state index is 3.72. The van der Waals surface area contributed by atoms with Crippen LogP contribution in [0.1, 0.15) is 32.1 Å². The van der Waals surface area contributed by atoms with E-state index in [1.165, 1.54) is 25.7 Å². The van der Waals surface area contributed by atoms with Crippen LogP contribution < -0.4 is 5.32 Å². The molecule has 0 aromatic carbocycles. The summed E-state index contributed by atoms with van der Waals surface area (Å²) in [5, 5.41) is 3.72. The molecule has 0 amide bonds. The summed E-state index contributed by atoms with van der Waals surface area (Å²) in [5.74, 6) is 2.23. The van der Waals surface area contributed by atoms with Gasteiger partial charge in [0.05, 0.1) is 0 Å². The number of fused-ring (bicyclic) bond motifs is 1. The van der Waals surface area contributed by atoms with Gasteiger partial charge >= 0.3 is 0 Å². The molecule has 1 aliphatic heterocycles. The molecular weight excluding hydrogens is 122 g/mol. The Labute approximate surface area is 62.2 Å². The Bertz CT molecular complexity index is 138. The standard InChI is InChI=1S/C9H15N/c1-2-6-4-7-5-8(6)9(3-1)10-7/h6-10H,1-5H2. The summed E-state index contributed by atoms with van der Waals surface area (Å²) in [5.41, 5.74) is 0. The van der Waals surface area contributed by atoms with Crippen molar-refractivity contribution in [3.8, 4) is 0 Å². The normalized spacial score (nSPS) is 57.6. The van der Waals surface area contributed by atoms with Crippen molar-refractivity contribution >= 4 is 0 Å². The number of nitrogens with one attached hydrogen (secondary N) is 1. The van der Waals surface area contributed by atoms with Crippen molar-refractivity contribution in [3.05, 3.63) is 0 Å². The molecule has 2 bridgehead atoms. The molecule has 3 aliphatic rings. The fourth-order valence-corrected chi connectivity index (χ4v) is 3.44. The first-order chi connectivity index (χ1) is 4.93. The minimum atomic E-state index is 0.931. The van der Waals surface area contributed by atoms with Crippen LogP contribution in [0.2, 0.25) is 0 Å². The first-order valence-electron chi connectivity index (χ1n) is 4.69. The highest BCUT2D eigenvalue weighted by atomic mass is 15.0. The molecule has 2 saturated carbocycles. The zero-order valence-corrected chi connectivity index (χ0v) is 6.34. The third kappa shape index (κ3) is 0.572. The zero-order valence-electron chi connectivity index (χ0n) is 6.34. The Morgan fingerprint density at radius 3 is 2.80 bits per heavy atom. The van der Waals surface area contributed by atoms with Crippen LogP contribution >= 0.6 is 0 Å². The Kier molecular flexibility index (Phi) is 0.984. The van der Waals surface area contributed by atoms with Crippen LogP contribution in [-0.2, 0) is 0 Å². The molecule has 0 aromatic rings. The summed E-state index contributed by atoms with van der Waals surface area (Å²) < 4.78 is 0. The third-order valence-corrected chi connectivity index (χ3v) is 3.81. The monoisotopic (exact) mass is 137 g/mol. The van der Waals surface area contributed by atoms with E-state index in [2.05, 4.69) is 5.32 Å². The van der Waals surface area contributed by atoms with Crippen molar-refractivity contribution in [2.75, 3.05) is 0 Å². The van der Waals surface area contributed by atoms with Gasteiger partial charge in [-0.2, -0.15) is 0 Å². The summed E-state index contributed by atoms with van der Waals surface area (Å²) in [6.07, 6.45) is 7.51. The summed E-state index contributed by atoms with van der Waals surface area (Å²) in [7, 11) is 0. The predicted molar refractivity (Wildman–Crippen MR) is 40.8 cm³/mol. The van der Waals surface area contributed by atoms with Crippen molar-refractivity contribution < 1.29 is 0 Å². The average molecular weight is 137 g/mol. The van der Waals surface area contributed by atoms with Crippen LogP contribution in [-0.4, -0.2) is 12.1 Å². The molecule has 56 valence electrons. The van der Waals surface area contributed by atoms with Gasteiger partial charge in [0.25, 0.3) is 0 Å². The first-order valence-corrected chi connectivity index (χ1v) is 4.69. The molecule has 10 heavy (non-hydrogen) atoms. The number of hydrogen-bond donors (Lipinski definition) is 1. The van der Waals surface area contributed by atoms with E-state index in [0.717, 1.165) is 23.9 Å². The fraction of sp³-hybridized carbons (Fsp3) is 1.00. The highest BCUT2D eigenvalue weighted by Crippen LogP contribution is 2.47. The maximum Gasteiger partial charge on any atom is 0.0101 e. The van der Waals surface area contributed by atoms with Gasteiger partial charge in [-0.25, -0.2) is 0 Å². The molecule has 4 atom stereocenters. The maximum absolute atomic E-state index is 3.72. The van der Waals surface area contributed by atoms with Gasteiger partial charge in [-0.05, 0) is 31.1 Å². The minimum absolute atomic E-state index is 0.931. The second kappa shape index (κ2) is 1.76. The molecule has 0 aromatic heterocycles. The number of hydrogen-bond acceptors (Lipinski definition) is 1. The minimum Gasteiger partial charge on any atom is -0.311 e. The van der Waals surface area contributed by atoms with E-state index >= 15 is 0 Å². The van der Waals surface area contributed by atoms with Crippen molar-refractivity contribution in [1.29, 1.82) is 0 Å². The molecule has 3 fully saturated rings. The van der Waals surface area contributed by atoms with E-state index in [0.29, 0.717) is 0 Å². The SMILES string of the molecule is C1CC2CC3CC2C(C1)N3. The van der Waals surface area contributed by atoms with E-state index < -0.39 is 0 Å². The van der Waals surface area contributed by atoms with E-state index in [9.17, 15) is 0 Å². The first kappa shape index (κ1) is 5.59. The van der Waals surface area contributed by atoms with E-state index in [1.807, 2.05) is 0 Å². The van der Waals surface area contributed by atoms with Gasteiger partial charge in [-0.3, -0.25) is 0 Å². The largest absolute Gasteiger partial charge is 0.311 e. The fourth-order valence-electron chi connectivity index (χ4n) is 3.44. The van der Waals surface area contributed by atoms with Gasteiger partial charge in [0.2, 0.25) is 0 Å². The van der Waals surface area contributed by atoms with Crippen molar-refractivity contribution in [3.63, 3.8) is 0 Å². The van der Waals surface area contributed by atoms with Crippen LogP contribution in [0.15, 0.2) is 0 Å². The van der Waals surface area contributed by atoms with E-state index in [-0.39, 0.29) is 0 Å². The van der Waals surface area contributed by atoms with Crippen LogP contribution in [0.4, 0.5) is 0 Å². The number of rotatable bonds is 0. The Balaban J connectivity index is 1.91. The molecule has 1 saturated heterocycles. The highest BCUT2D eigenvalue weighted by Gasteiger charge is 2.47. The molecule has 1 N–H and O–H groups in total. The molecule has 1 heteroatoms. The number of piperidine rings is 1. The highest BCUT2D eigenvalue weighted by molar-refractivity contribution is 5.03. The lowest BCUT2D eigenvalue weighted by Crippen LogP contribution is -2.42. The molecule has 4 unspecified atom stereocenters. The van der Waals surface area contributed by atoms with Crippen LogP contribution in [0.5, 0.6) is 0 Å². The van der Waals surface area contributed by atoms with Crippen LogP contribution in [0.3, 0.4) is 0 Å². The van der Waals surface area contributed by atoms with Crippen molar-refractivity contribution in [1.82, 2.24) is 5.32 Å². The Hall–Kier alpha value is -0.0400. The molecule has 3 rings (SSSR count). The second-order valence-corrected chi connectivity index (χ2v) is 4.30. The van der Waals surface area contributed by atoms with Crippen LogP contribution in [0, 0.1) is 11.8 Å². The van der Waals surface area contributed by atoms with Gasteiger partial charge in [-0.15, -0.1) is 0 Å². The zero-order chi connectivity index (χ0) is 6.55. The van der Waals surface area contributed by atoms with E-state index in [4.69, 9.17) is 0 Å². The van der Waals surface area contributed by atoms with E-state index in [1.54, 1.807) is 6.42 Å². The molecule has 1 nitrogen and oxygen atoms in total. The topological polar surface area (TPSA) is 12.0 Å². The lowest BCUT2D eigenvalue weighted by Gasteiger charge is -2.35. The van der Waals surface area contributed by atoms with Gasteiger partial charge < -0.3 is 5.32 Å². The summed E-state index contributed by atoms with van der Waals surface area (Å²) in [4.78, 5) is 0. The molecule has 2 aliphatic carbocycles. The van der Waals surface area contributed by atoms with Crippen molar-refractivity contribution in [2.24, 2.45) is 11.8 Å². The average Bonchev–Trinajstić information content (AvgIpc) is 2.40. The second-order valence-electron chi connectivity index (χ2n) is 4.30. The molecular formula is C9H15N. The van der Waals surface area contributed by atoms with Gasteiger partial charge in [0, 0.05) is 12.1 Å². The predicted octanol–water partition coefficient (Wildman–Crippen LogP) is 1.54. The third-order valence-electron chi connectivity index (χ3n) is 3.81. The molecule has 1 heterocycles. The summed E-state index contributed by atoms with van der Waals surface area (Å²) in [6.45, 7) is 0.